The highest BCUT2D eigenvalue weighted by Crippen LogP contribution is 2.16. The summed E-state index contributed by atoms with van der Waals surface area (Å²) in [6.45, 7) is 2.23. The van der Waals surface area contributed by atoms with Gasteiger partial charge < -0.3 is 10.0 Å². The molecule has 152 valence electrons. The van der Waals surface area contributed by atoms with Gasteiger partial charge in [0.15, 0.2) is 0 Å². The molecule has 0 aliphatic rings. The zero-order valence-electron chi connectivity index (χ0n) is 16.9. The van der Waals surface area contributed by atoms with E-state index >= 15 is 0 Å². The van der Waals surface area contributed by atoms with Crippen molar-refractivity contribution >= 4 is 18.0 Å². The lowest BCUT2D eigenvalue weighted by molar-refractivity contribution is -0.148. The van der Waals surface area contributed by atoms with Crippen LogP contribution in [-0.2, 0) is 22.6 Å². The smallest absolute Gasteiger partial charge is 0.326 e. The Kier molecular flexibility index (Phi) is 7.17. The Morgan fingerprint density at radius 3 is 2.00 bits per heavy atom. The van der Waals surface area contributed by atoms with Crippen LogP contribution < -0.4 is 0 Å². The summed E-state index contributed by atoms with van der Waals surface area (Å²) in [5.74, 6) is -1.35. The highest BCUT2D eigenvalue weighted by Gasteiger charge is 2.29. The Labute approximate surface area is 177 Å². The van der Waals surface area contributed by atoms with Gasteiger partial charge in [-0.3, -0.25) is 4.79 Å². The Balaban J connectivity index is 1.88. The molecule has 0 aromatic heterocycles. The fourth-order valence-corrected chi connectivity index (χ4v) is 3.23. The van der Waals surface area contributed by atoms with Crippen molar-refractivity contribution < 1.29 is 14.7 Å². The second-order valence-electron chi connectivity index (χ2n) is 7.24. The van der Waals surface area contributed by atoms with Crippen molar-refractivity contribution in [2.45, 2.75) is 25.9 Å². The third-order valence-corrected chi connectivity index (χ3v) is 4.91. The second kappa shape index (κ2) is 10.2. The minimum Gasteiger partial charge on any atom is -0.480 e. The molecule has 0 aliphatic heterocycles. The quantitative estimate of drug-likeness (QED) is 0.557. The first-order chi connectivity index (χ1) is 14.5. The van der Waals surface area contributed by atoms with E-state index in [1.807, 2.05) is 91.9 Å². The zero-order valence-corrected chi connectivity index (χ0v) is 16.9. The number of benzene rings is 3. The first-order valence-corrected chi connectivity index (χ1v) is 9.89. The van der Waals surface area contributed by atoms with E-state index in [0.29, 0.717) is 0 Å². The average molecular weight is 399 g/mol. The van der Waals surface area contributed by atoms with Gasteiger partial charge >= 0.3 is 5.97 Å². The van der Waals surface area contributed by atoms with E-state index in [1.54, 1.807) is 6.08 Å². The van der Waals surface area contributed by atoms with Crippen molar-refractivity contribution in [1.82, 2.24) is 4.90 Å². The predicted octanol–water partition coefficient (Wildman–Crippen LogP) is 4.73. The number of aliphatic carboxylic acids is 1. The van der Waals surface area contributed by atoms with Crippen LogP contribution in [0, 0.1) is 6.92 Å². The summed E-state index contributed by atoms with van der Waals surface area (Å²) < 4.78 is 0. The number of carbonyl (C=O) groups excluding carboxylic acids is 1. The van der Waals surface area contributed by atoms with Crippen LogP contribution in [-0.4, -0.2) is 27.9 Å². The summed E-state index contributed by atoms with van der Waals surface area (Å²) >= 11 is 0. The number of nitrogens with zero attached hydrogens (tertiary/aromatic N) is 1. The Bertz CT molecular complexity index is 995. The molecule has 0 aliphatic carbocycles. The van der Waals surface area contributed by atoms with Crippen LogP contribution in [0.4, 0.5) is 0 Å². The molecule has 0 radical (unpaired) electrons. The van der Waals surface area contributed by atoms with Gasteiger partial charge in [-0.1, -0.05) is 90.5 Å². The molecular formula is C26H25NO3. The molecule has 0 fully saturated rings. The Hall–Kier alpha value is -3.66. The van der Waals surface area contributed by atoms with Crippen LogP contribution in [0.3, 0.4) is 0 Å². The number of carboxylic acids is 1. The molecule has 30 heavy (non-hydrogen) atoms. The van der Waals surface area contributed by atoms with Crippen LogP contribution in [0.15, 0.2) is 91.0 Å². The number of amides is 1. The predicted molar refractivity (Wildman–Crippen MR) is 119 cm³/mol. The van der Waals surface area contributed by atoms with E-state index < -0.39 is 12.0 Å². The van der Waals surface area contributed by atoms with Crippen molar-refractivity contribution in [1.29, 1.82) is 0 Å². The van der Waals surface area contributed by atoms with Crippen LogP contribution in [0.5, 0.6) is 0 Å². The summed E-state index contributed by atoms with van der Waals surface area (Å²) in [6.07, 6.45) is 3.42. The summed E-state index contributed by atoms with van der Waals surface area (Å²) in [5, 5.41) is 9.93. The van der Waals surface area contributed by atoms with E-state index in [-0.39, 0.29) is 18.9 Å². The lowest BCUT2D eigenvalue weighted by Crippen LogP contribution is -2.45. The molecule has 1 atom stereocenters. The standard InChI is InChI=1S/C26H25NO3/c1-20-12-14-21(15-13-20)16-17-25(28)27(19-23-10-6-3-7-11-23)24(26(29)30)18-22-8-4-2-5-9-22/h2-17,24H,18-19H2,1H3,(H,29,30)/b17-16+/t24-/m0/s1. The molecule has 3 aromatic carbocycles. The zero-order chi connectivity index (χ0) is 21.3. The van der Waals surface area contributed by atoms with Gasteiger partial charge in [0.25, 0.3) is 0 Å². The SMILES string of the molecule is Cc1ccc(/C=C/C(=O)N(Cc2ccccc2)[C@@H](Cc2ccccc2)C(=O)O)cc1. The van der Waals surface area contributed by atoms with E-state index in [4.69, 9.17) is 0 Å². The molecule has 0 bridgehead atoms. The first kappa shape index (κ1) is 21.1. The number of carboxylic acid groups (broad SMARTS) is 1. The first-order valence-electron chi connectivity index (χ1n) is 9.89. The maximum absolute atomic E-state index is 13.1. The highest BCUT2D eigenvalue weighted by molar-refractivity contribution is 5.94. The summed E-state index contributed by atoms with van der Waals surface area (Å²) in [4.78, 5) is 26.7. The van der Waals surface area contributed by atoms with Gasteiger partial charge in [0.05, 0.1) is 0 Å². The Morgan fingerprint density at radius 2 is 1.43 bits per heavy atom. The van der Waals surface area contributed by atoms with Gasteiger partial charge in [0, 0.05) is 19.0 Å². The van der Waals surface area contributed by atoms with Gasteiger partial charge in [-0.05, 0) is 29.7 Å². The molecule has 0 unspecified atom stereocenters. The molecule has 1 amide bonds. The van der Waals surface area contributed by atoms with Crippen molar-refractivity contribution in [3.63, 3.8) is 0 Å². The minimum atomic E-state index is -1.02. The van der Waals surface area contributed by atoms with Gasteiger partial charge in [0.1, 0.15) is 6.04 Å². The minimum absolute atomic E-state index is 0.224. The summed E-state index contributed by atoms with van der Waals surface area (Å²) in [5.41, 5.74) is 3.79. The van der Waals surface area contributed by atoms with E-state index in [2.05, 4.69) is 0 Å². The van der Waals surface area contributed by atoms with E-state index in [0.717, 1.165) is 22.3 Å². The largest absolute Gasteiger partial charge is 0.480 e. The molecule has 0 saturated carbocycles. The maximum Gasteiger partial charge on any atom is 0.326 e. The van der Waals surface area contributed by atoms with Gasteiger partial charge in [-0.2, -0.15) is 0 Å². The second-order valence-corrected chi connectivity index (χ2v) is 7.24. The number of hydrogen-bond donors (Lipinski definition) is 1. The topological polar surface area (TPSA) is 57.6 Å². The van der Waals surface area contributed by atoms with Crippen LogP contribution in [0.1, 0.15) is 22.3 Å². The molecular weight excluding hydrogens is 374 g/mol. The summed E-state index contributed by atoms with van der Waals surface area (Å²) in [6, 6.07) is 25.7. The maximum atomic E-state index is 13.1. The van der Waals surface area contributed by atoms with Crippen molar-refractivity contribution in [2.24, 2.45) is 0 Å². The van der Waals surface area contributed by atoms with Crippen molar-refractivity contribution in [3.8, 4) is 0 Å². The fraction of sp³-hybridized carbons (Fsp3) is 0.154. The van der Waals surface area contributed by atoms with Gasteiger partial charge in [-0.25, -0.2) is 4.79 Å². The number of aryl methyl sites for hydroxylation is 1. The van der Waals surface area contributed by atoms with Crippen molar-refractivity contribution in [2.75, 3.05) is 0 Å². The monoisotopic (exact) mass is 399 g/mol. The molecule has 0 heterocycles. The van der Waals surface area contributed by atoms with E-state index in [1.165, 1.54) is 11.0 Å². The van der Waals surface area contributed by atoms with Crippen LogP contribution in [0.25, 0.3) is 6.08 Å². The normalized spacial score (nSPS) is 11.9. The van der Waals surface area contributed by atoms with E-state index in [9.17, 15) is 14.7 Å². The molecule has 4 nitrogen and oxygen atoms in total. The number of carbonyl (C=O) groups is 2. The molecule has 4 heteroatoms. The third kappa shape index (κ3) is 5.92. The number of rotatable bonds is 8. The highest BCUT2D eigenvalue weighted by atomic mass is 16.4. The van der Waals surface area contributed by atoms with Crippen LogP contribution in [0.2, 0.25) is 0 Å². The van der Waals surface area contributed by atoms with Gasteiger partial charge in [0.2, 0.25) is 5.91 Å². The number of hydrogen-bond acceptors (Lipinski definition) is 2. The molecule has 3 aromatic rings. The summed E-state index contributed by atoms with van der Waals surface area (Å²) in [7, 11) is 0. The average Bonchev–Trinajstić information content (AvgIpc) is 2.77. The van der Waals surface area contributed by atoms with Crippen molar-refractivity contribution in [3.05, 3.63) is 113 Å². The lowest BCUT2D eigenvalue weighted by atomic mass is 10.0. The fourth-order valence-electron chi connectivity index (χ4n) is 3.23. The molecule has 0 spiro atoms. The molecule has 1 N–H and O–H groups in total. The van der Waals surface area contributed by atoms with Gasteiger partial charge in [-0.15, -0.1) is 0 Å². The molecule has 0 saturated heterocycles. The lowest BCUT2D eigenvalue weighted by Gasteiger charge is -2.28. The Morgan fingerprint density at radius 1 is 0.867 bits per heavy atom. The van der Waals surface area contributed by atoms with Crippen LogP contribution >= 0.6 is 0 Å². The molecule has 3 rings (SSSR count). The third-order valence-electron chi connectivity index (χ3n) is 4.91.